The highest BCUT2D eigenvalue weighted by molar-refractivity contribution is 5.97. The average molecular weight is 173 g/mol. The van der Waals surface area contributed by atoms with Gasteiger partial charge in [0.25, 0.3) is 0 Å². The highest BCUT2D eigenvalue weighted by Gasteiger charge is 2.00. The molecule has 0 bridgehead atoms. The summed E-state index contributed by atoms with van der Waals surface area (Å²) in [5.74, 6) is -0.321. The van der Waals surface area contributed by atoms with Crippen molar-refractivity contribution in [2.45, 2.75) is 12.8 Å². The van der Waals surface area contributed by atoms with Gasteiger partial charge < -0.3 is 15.8 Å². The van der Waals surface area contributed by atoms with Crippen LogP contribution in [0.15, 0.2) is 0 Å². The normalized spacial score (nSPS) is 9.42. The topological polar surface area (TPSA) is 88.2 Å². The van der Waals surface area contributed by atoms with E-state index in [0.29, 0.717) is 13.2 Å². The van der Waals surface area contributed by atoms with Crippen LogP contribution >= 0.6 is 0 Å². The van der Waals surface area contributed by atoms with Crippen molar-refractivity contribution in [1.29, 1.82) is 5.41 Å². The van der Waals surface area contributed by atoms with E-state index in [9.17, 15) is 4.79 Å². The Labute approximate surface area is 71.8 Å². The summed E-state index contributed by atoms with van der Waals surface area (Å²) >= 11 is 0. The van der Waals surface area contributed by atoms with Crippen LogP contribution in [0.4, 0.5) is 0 Å². The first kappa shape index (κ1) is 10.9. The molecular formula is C7H15N3O2. The molecule has 0 spiro atoms. The number of amidine groups is 1. The van der Waals surface area contributed by atoms with Crippen molar-refractivity contribution in [2.24, 2.45) is 5.73 Å². The molecule has 0 rings (SSSR count). The molecule has 0 fully saturated rings. The van der Waals surface area contributed by atoms with Crippen LogP contribution in [0.5, 0.6) is 0 Å². The molecule has 5 heteroatoms. The van der Waals surface area contributed by atoms with E-state index in [1.165, 1.54) is 0 Å². The zero-order valence-electron chi connectivity index (χ0n) is 7.22. The standard InChI is InChI=1S/C7H15N3O2/c1-12-4-2-3-10-7(11)5-6(8)9/h2-5H2,1H3,(H3,8,9)(H,10,11). The molecule has 12 heavy (non-hydrogen) atoms. The number of ether oxygens (including phenoxy) is 1. The van der Waals surface area contributed by atoms with Crippen LogP contribution in [0.25, 0.3) is 0 Å². The molecule has 0 aliphatic heterocycles. The molecule has 0 saturated heterocycles. The van der Waals surface area contributed by atoms with Gasteiger partial charge in [-0.3, -0.25) is 10.2 Å². The minimum atomic E-state index is -0.210. The van der Waals surface area contributed by atoms with Crippen LogP contribution in [0.3, 0.4) is 0 Å². The highest BCUT2D eigenvalue weighted by Crippen LogP contribution is 1.80. The number of amides is 1. The van der Waals surface area contributed by atoms with Crippen LogP contribution in [0, 0.1) is 5.41 Å². The van der Waals surface area contributed by atoms with Crippen molar-refractivity contribution < 1.29 is 9.53 Å². The molecule has 70 valence electrons. The van der Waals surface area contributed by atoms with E-state index in [2.05, 4.69) is 5.32 Å². The van der Waals surface area contributed by atoms with Crippen molar-refractivity contribution in [1.82, 2.24) is 5.32 Å². The van der Waals surface area contributed by atoms with E-state index in [1.54, 1.807) is 7.11 Å². The fraction of sp³-hybridized carbons (Fsp3) is 0.714. The molecule has 0 unspecified atom stereocenters. The Bertz CT molecular complexity index is 159. The zero-order valence-corrected chi connectivity index (χ0v) is 7.22. The number of nitrogens with two attached hydrogens (primary N) is 1. The third kappa shape index (κ3) is 7.01. The summed E-state index contributed by atoms with van der Waals surface area (Å²) in [5, 5.41) is 9.44. The number of carbonyl (C=O) groups excluding carboxylic acids is 1. The first-order valence-corrected chi connectivity index (χ1v) is 3.75. The second-order valence-electron chi connectivity index (χ2n) is 2.40. The highest BCUT2D eigenvalue weighted by atomic mass is 16.5. The van der Waals surface area contributed by atoms with Crippen molar-refractivity contribution in [3.05, 3.63) is 0 Å². The number of methoxy groups -OCH3 is 1. The zero-order chi connectivity index (χ0) is 9.40. The summed E-state index contributed by atoms with van der Waals surface area (Å²) in [6.45, 7) is 1.19. The van der Waals surface area contributed by atoms with Crippen LogP contribution in [-0.2, 0) is 9.53 Å². The van der Waals surface area contributed by atoms with Crippen molar-refractivity contribution >= 4 is 11.7 Å². The third-order valence-corrected chi connectivity index (χ3v) is 1.20. The van der Waals surface area contributed by atoms with E-state index < -0.39 is 0 Å². The molecule has 0 aliphatic carbocycles. The Morgan fingerprint density at radius 3 is 2.83 bits per heavy atom. The molecule has 0 atom stereocenters. The molecule has 0 saturated carbocycles. The molecule has 0 radical (unpaired) electrons. The molecular weight excluding hydrogens is 158 g/mol. The quantitative estimate of drug-likeness (QED) is 0.286. The van der Waals surface area contributed by atoms with E-state index in [-0.39, 0.29) is 18.2 Å². The minimum absolute atomic E-state index is 0.0209. The Morgan fingerprint density at radius 1 is 1.67 bits per heavy atom. The fourth-order valence-corrected chi connectivity index (χ4v) is 0.680. The van der Waals surface area contributed by atoms with Crippen molar-refractivity contribution in [3.8, 4) is 0 Å². The predicted octanol–water partition coefficient (Wildman–Crippen LogP) is -0.535. The summed E-state index contributed by atoms with van der Waals surface area (Å²) < 4.78 is 4.79. The van der Waals surface area contributed by atoms with Gasteiger partial charge in [-0.2, -0.15) is 0 Å². The van der Waals surface area contributed by atoms with E-state index in [1.807, 2.05) is 0 Å². The summed E-state index contributed by atoms with van der Waals surface area (Å²) in [6.07, 6.45) is 0.757. The van der Waals surface area contributed by atoms with Gasteiger partial charge in [0.15, 0.2) is 0 Å². The maximum Gasteiger partial charge on any atom is 0.227 e. The molecule has 0 aromatic carbocycles. The minimum Gasteiger partial charge on any atom is -0.387 e. The molecule has 5 nitrogen and oxygen atoms in total. The monoisotopic (exact) mass is 173 g/mol. The van der Waals surface area contributed by atoms with E-state index in [0.717, 1.165) is 6.42 Å². The van der Waals surface area contributed by atoms with E-state index >= 15 is 0 Å². The second kappa shape index (κ2) is 6.60. The smallest absolute Gasteiger partial charge is 0.227 e. The number of nitrogens with one attached hydrogen (secondary N) is 2. The molecule has 1 amide bonds. The first-order valence-electron chi connectivity index (χ1n) is 3.75. The Hall–Kier alpha value is -1.10. The van der Waals surface area contributed by atoms with Crippen LogP contribution in [-0.4, -0.2) is 32.0 Å². The van der Waals surface area contributed by atoms with Crippen LogP contribution in [0.1, 0.15) is 12.8 Å². The summed E-state index contributed by atoms with van der Waals surface area (Å²) in [5.41, 5.74) is 5.02. The second-order valence-corrected chi connectivity index (χ2v) is 2.40. The summed E-state index contributed by atoms with van der Waals surface area (Å²) in [6, 6.07) is 0. The van der Waals surface area contributed by atoms with Gasteiger partial charge in [-0.1, -0.05) is 0 Å². The summed E-state index contributed by atoms with van der Waals surface area (Å²) in [7, 11) is 1.61. The van der Waals surface area contributed by atoms with E-state index in [4.69, 9.17) is 15.9 Å². The van der Waals surface area contributed by atoms with Gasteiger partial charge in [0.1, 0.15) is 0 Å². The molecule has 0 aromatic rings. The number of rotatable bonds is 6. The maximum atomic E-state index is 10.8. The van der Waals surface area contributed by atoms with Crippen LogP contribution in [0.2, 0.25) is 0 Å². The Morgan fingerprint density at radius 2 is 2.33 bits per heavy atom. The Kier molecular flexibility index (Phi) is 6.00. The van der Waals surface area contributed by atoms with Gasteiger partial charge in [-0.25, -0.2) is 0 Å². The average Bonchev–Trinajstić information content (AvgIpc) is 1.97. The molecule has 4 N–H and O–H groups in total. The van der Waals surface area contributed by atoms with Gasteiger partial charge in [-0.05, 0) is 6.42 Å². The lowest BCUT2D eigenvalue weighted by Gasteiger charge is -2.02. The molecule has 0 heterocycles. The lowest BCUT2D eigenvalue weighted by Crippen LogP contribution is -2.29. The van der Waals surface area contributed by atoms with Gasteiger partial charge in [-0.15, -0.1) is 0 Å². The fourth-order valence-electron chi connectivity index (χ4n) is 0.680. The SMILES string of the molecule is COCCCNC(=O)CC(=N)N. The van der Waals surface area contributed by atoms with Crippen molar-refractivity contribution in [3.63, 3.8) is 0 Å². The summed E-state index contributed by atoms with van der Waals surface area (Å²) in [4.78, 5) is 10.8. The maximum absolute atomic E-state index is 10.8. The molecule has 0 aromatic heterocycles. The number of carbonyl (C=O) groups is 1. The van der Waals surface area contributed by atoms with Gasteiger partial charge in [0.2, 0.25) is 5.91 Å². The lowest BCUT2D eigenvalue weighted by atomic mass is 10.3. The van der Waals surface area contributed by atoms with Crippen LogP contribution < -0.4 is 11.1 Å². The van der Waals surface area contributed by atoms with Gasteiger partial charge in [0, 0.05) is 20.3 Å². The first-order chi connectivity index (χ1) is 5.66. The van der Waals surface area contributed by atoms with Gasteiger partial charge >= 0.3 is 0 Å². The number of hydrogen-bond acceptors (Lipinski definition) is 3. The molecule has 0 aliphatic rings. The van der Waals surface area contributed by atoms with Gasteiger partial charge in [0.05, 0.1) is 12.3 Å². The predicted molar refractivity (Wildman–Crippen MR) is 46.0 cm³/mol. The number of hydrogen-bond donors (Lipinski definition) is 3. The Balaban J connectivity index is 3.26. The lowest BCUT2D eigenvalue weighted by molar-refractivity contribution is -0.119. The largest absolute Gasteiger partial charge is 0.387 e. The third-order valence-electron chi connectivity index (χ3n) is 1.20. The van der Waals surface area contributed by atoms with Crippen molar-refractivity contribution in [2.75, 3.05) is 20.3 Å².